The second kappa shape index (κ2) is 5.72. The maximum absolute atomic E-state index is 4.66. The van der Waals surface area contributed by atoms with E-state index in [1.807, 2.05) is 16.9 Å². The second-order valence-corrected chi connectivity index (χ2v) is 6.56. The third-order valence-electron chi connectivity index (χ3n) is 4.09. The molecule has 0 bridgehead atoms. The highest BCUT2D eigenvalue weighted by atomic mass is 79.9. The molecule has 3 rings (SSSR count). The Morgan fingerprint density at radius 3 is 2.85 bits per heavy atom. The number of hydrogen-bond donors (Lipinski definition) is 0. The van der Waals surface area contributed by atoms with Crippen molar-refractivity contribution in [2.24, 2.45) is 0 Å². The number of hydrogen-bond acceptors (Lipinski definition) is 3. The molecule has 1 fully saturated rings. The summed E-state index contributed by atoms with van der Waals surface area (Å²) in [7, 11) is 0. The minimum Gasteiger partial charge on any atom is -0.351 e. The molecule has 1 saturated carbocycles. The van der Waals surface area contributed by atoms with Gasteiger partial charge in [-0.2, -0.15) is 5.10 Å². The predicted molar refractivity (Wildman–Crippen MR) is 85.9 cm³/mol. The highest BCUT2D eigenvalue weighted by Crippen LogP contribution is 2.31. The zero-order chi connectivity index (χ0) is 14.1. The van der Waals surface area contributed by atoms with E-state index in [4.69, 9.17) is 0 Å². The summed E-state index contributed by atoms with van der Waals surface area (Å²) >= 11 is 3.57. The number of halogens is 1. The molecule has 0 aromatic carbocycles. The van der Waals surface area contributed by atoms with Crippen molar-refractivity contribution >= 4 is 27.3 Å². The van der Waals surface area contributed by atoms with E-state index in [1.165, 1.54) is 19.3 Å². The van der Waals surface area contributed by atoms with Crippen LogP contribution in [-0.4, -0.2) is 32.5 Å². The molecule has 0 aliphatic heterocycles. The van der Waals surface area contributed by atoms with E-state index < -0.39 is 0 Å². The van der Waals surface area contributed by atoms with Crippen molar-refractivity contribution in [2.75, 3.05) is 16.8 Å². The Labute approximate surface area is 128 Å². The summed E-state index contributed by atoms with van der Waals surface area (Å²) in [5.41, 5.74) is 2.26. The molecule has 2 aromatic rings. The smallest absolute Gasteiger partial charge is 0.154 e. The van der Waals surface area contributed by atoms with Crippen molar-refractivity contribution in [1.82, 2.24) is 14.6 Å². The normalized spacial score (nSPS) is 15.8. The molecule has 0 spiro atoms. The molecule has 5 heteroatoms. The Morgan fingerprint density at radius 1 is 1.45 bits per heavy atom. The van der Waals surface area contributed by atoms with Gasteiger partial charge < -0.3 is 4.90 Å². The zero-order valence-electron chi connectivity index (χ0n) is 12.1. The number of rotatable bonds is 5. The van der Waals surface area contributed by atoms with Crippen LogP contribution in [0, 0.1) is 0 Å². The van der Waals surface area contributed by atoms with E-state index in [0.717, 1.165) is 28.9 Å². The molecular formula is C15H21BrN4. The first-order valence-electron chi connectivity index (χ1n) is 7.37. The average molecular weight is 337 g/mol. The van der Waals surface area contributed by atoms with Crippen LogP contribution in [0.1, 0.15) is 44.7 Å². The number of nitrogens with zero attached hydrogens (tertiary/aromatic N) is 4. The molecule has 0 saturated heterocycles. The van der Waals surface area contributed by atoms with Gasteiger partial charge in [0, 0.05) is 30.3 Å². The van der Waals surface area contributed by atoms with Crippen molar-refractivity contribution in [1.29, 1.82) is 0 Å². The lowest BCUT2D eigenvalue weighted by Gasteiger charge is -2.38. The number of aromatic nitrogens is 3. The first kappa shape index (κ1) is 13.9. The molecule has 1 aliphatic carbocycles. The van der Waals surface area contributed by atoms with Crippen LogP contribution < -0.4 is 4.90 Å². The van der Waals surface area contributed by atoms with Gasteiger partial charge in [0.2, 0.25) is 0 Å². The lowest BCUT2D eigenvalue weighted by molar-refractivity contribution is 0.389. The fraction of sp³-hybridized carbons (Fsp3) is 0.600. The van der Waals surface area contributed by atoms with Gasteiger partial charge in [0.1, 0.15) is 5.52 Å². The number of anilines is 1. The highest BCUT2D eigenvalue weighted by molar-refractivity contribution is 9.09. The molecule has 0 unspecified atom stereocenters. The van der Waals surface area contributed by atoms with Gasteiger partial charge in [0.15, 0.2) is 5.82 Å². The van der Waals surface area contributed by atoms with Crippen LogP contribution in [0.4, 0.5) is 5.82 Å². The van der Waals surface area contributed by atoms with E-state index in [2.05, 4.69) is 50.8 Å². The lowest BCUT2D eigenvalue weighted by Crippen LogP contribution is -2.42. The predicted octanol–water partition coefficient (Wildman–Crippen LogP) is 3.61. The van der Waals surface area contributed by atoms with E-state index in [-0.39, 0.29) is 0 Å². The van der Waals surface area contributed by atoms with Crippen molar-refractivity contribution in [3.8, 4) is 0 Å². The van der Waals surface area contributed by atoms with E-state index >= 15 is 0 Å². The minimum absolute atomic E-state index is 0.441. The first-order valence-corrected chi connectivity index (χ1v) is 8.49. The summed E-state index contributed by atoms with van der Waals surface area (Å²) in [6, 6.07) is 2.83. The monoisotopic (exact) mass is 336 g/mol. The van der Waals surface area contributed by atoms with Gasteiger partial charge in [-0.15, -0.1) is 0 Å². The Morgan fingerprint density at radius 2 is 2.25 bits per heavy atom. The van der Waals surface area contributed by atoms with Crippen LogP contribution in [0.25, 0.3) is 5.52 Å². The third-order valence-corrected chi connectivity index (χ3v) is 4.45. The van der Waals surface area contributed by atoms with E-state index in [1.54, 1.807) is 0 Å². The van der Waals surface area contributed by atoms with E-state index in [0.29, 0.717) is 12.0 Å². The molecule has 4 nitrogen and oxygen atoms in total. The van der Waals surface area contributed by atoms with Crippen LogP contribution in [-0.2, 0) is 0 Å². The molecule has 0 N–H and O–H groups in total. The topological polar surface area (TPSA) is 33.4 Å². The maximum Gasteiger partial charge on any atom is 0.154 e. The van der Waals surface area contributed by atoms with Crippen molar-refractivity contribution in [2.45, 2.75) is 45.1 Å². The number of fused-ring (bicyclic) bond motifs is 1. The molecular weight excluding hydrogens is 316 g/mol. The molecule has 2 heterocycles. The van der Waals surface area contributed by atoms with Gasteiger partial charge >= 0.3 is 0 Å². The van der Waals surface area contributed by atoms with Gasteiger partial charge in [-0.1, -0.05) is 29.8 Å². The molecule has 1 aliphatic rings. The molecule has 108 valence electrons. The standard InChI is InChI=1S/C15H21BrN4/c1-11(2)13-10-14-15(17-7-9-20(14)18-13)19(8-6-16)12-4-3-5-12/h7,9-12H,3-6,8H2,1-2H3. The molecule has 2 aromatic heterocycles. The fourth-order valence-corrected chi connectivity index (χ4v) is 3.06. The highest BCUT2D eigenvalue weighted by Gasteiger charge is 2.27. The molecule has 20 heavy (non-hydrogen) atoms. The maximum atomic E-state index is 4.66. The van der Waals surface area contributed by atoms with Crippen LogP contribution in [0.3, 0.4) is 0 Å². The third kappa shape index (κ3) is 2.43. The van der Waals surface area contributed by atoms with Crippen molar-refractivity contribution in [3.63, 3.8) is 0 Å². The van der Waals surface area contributed by atoms with Crippen LogP contribution >= 0.6 is 15.9 Å². The molecule has 0 atom stereocenters. The minimum atomic E-state index is 0.441. The first-order chi connectivity index (χ1) is 9.70. The fourth-order valence-electron chi connectivity index (χ4n) is 2.68. The van der Waals surface area contributed by atoms with Crippen molar-refractivity contribution < 1.29 is 0 Å². The summed E-state index contributed by atoms with van der Waals surface area (Å²) < 4.78 is 1.97. The largest absolute Gasteiger partial charge is 0.351 e. The Balaban J connectivity index is 2.04. The molecule has 0 amide bonds. The Bertz CT molecular complexity index is 589. The Hall–Kier alpha value is -1.10. The van der Waals surface area contributed by atoms with Crippen molar-refractivity contribution in [3.05, 3.63) is 24.2 Å². The van der Waals surface area contributed by atoms with Crippen LogP contribution in [0.2, 0.25) is 0 Å². The van der Waals surface area contributed by atoms with Gasteiger partial charge in [-0.3, -0.25) is 0 Å². The average Bonchev–Trinajstić information content (AvgIpc) is 2.80. The summed E-state index contributed by atoms with van der Waals surface area (Å²) in [6.45, 7) is 5.35. The molecule has 0 radical (unpaired) electrons. The van der Waals surface area contributed by atoms with Gasteiger partial charge in [-0.25, -0.2) is 9.50 Å². The van der Waals surface area contributed by atoms with Crippen LogP contribution in [0.15, 0.2) is 18.5 Å². The summed E-state index contributed by atoms with van der Waals surface area (Å²) in [5.74, 6) is 1.52. The summed E-state index contributed by atoms with van der Waals surface area (Å²) in [4.78, 5) is 7.09. The number of alkyl halides is 1. The van der Waals surface area contributed by atoms with Gasteiger partial charge in [0.25, 0.3) is 0 Å². The lowest BCUT2D eigenvalue weighted by atomic mass is 9.91. The quantitative estimate of drug-likeness (QED) is 0.782. The SMILES string of the molecule is CC(C)c1cc2c(N(CCBr)C3CCC3)nccn2n1. The van der Waals surface area contributed by atoms with Crippen LogP contribution in [0.5, 0.6) is 0 Å². The zero-order valence-corrected chi connectivity index (χ0v) is 13.7. The van der Waals surface area contributed by atoms with Gasteiger partial charge in [0.05, 0.1) is 5.69 Å². The summed E-state index contributed by atoms with van der Waals surface area (Å²) in [6.07, 6.45) is 7.70. The van der Waals surface area contributed by atoms with E-state index in [9.17, 15) is 0 Å². The van der Waals surface area contributed by atoms with Gasteiger partial charge in [-0.05, 0) is 31.2 Å². The Kier molecular flexibility index (Phi) is 3.96. The summed E-state index contributed by atoms with van der Waals surface area (Å²) in [5, 5.41) is 5.63. The second-order valence-electron chi connectivity index (χ2n) is 5.77.